The molecule has 0 aromatic carbocycles. The highest BCUT2D eigenvalue weighted by Crippen LogP contribution is 2.28. The summed E-state index contributed by atoms with van der Waals surface area (Å²) in [4.78, 5) is 13.1. The Morgan fingerprint density at radius 3 is 3.07 bits per heavy atom. The maximum absolute atomic E-state index is 11.6. The fourth-order valence-electron chi connectivity index (χ4n) is 1.42. The molecule has 0 unspecified atom stereocenters. The number of likely N-dealkylation sites (N-methyl/N-ethyl adjacent to an activating group) is 1. The molecular weight excluding hydrogens is 184 g/mol. The van der Waals surface area contributed by atoms with E-state index in [4.69, 9.17) is 10.5 Å². The van der Waals surface area contributed by atoms with Gasteiger partial charge in [0.25, 0.3) is 0 Å². The van der Waals surface area contributed by atoms with Crippen LogP contribution >= 0.6 is 0 Å². The third-order valence-corrected chi connectivity index (χ3v) is 2.28. The predicted molar refractivity (Wildman–Crippen MR) is 50.1 cm³/mol. The van der Waals surface area contributed by atoms with Crippen molar-refractivity contribution in [3.63, 3.8) is 0 Å². The average Bonchev–Trinajstić information content (AvgIpc) is 2.49. The summed E-state index contributed by atoms with van der Waals surface area (Å²) < 4.78 is 6.97. The van der Waals surface area contributed by atoms with E-state index < -0.39 is 6.04 Å². The van der Waals surface area contributed by atoms with E-state index in [1.807, 2.05) is 0 Å². The number of aromatic nitrogens is 2. The number of carbonyl (C=O) groups excluding carboxylic acids is 1. The number of aryl methyl sites for hydroxylation is 1. The molecule has 6 heteroatoms. The Morgan fingerprint density at radius 2 is 2.36 bits per heavy atom. The van der Waals surface area contributed by atoms with E-state index in [0.29, 0.717) is 11.6 Å². The maximum Gasteiger partial charge on any atom is 0.247 e. The van der Waals surface area contributed by atoms with Crippen LogP contribution in [0.3, 0.4) is 0 Å². The number of nitrogens with zero attached hydrogens (tertiary/aromatic N) is 3. The molecule has 0 bridgehead atoms. The molecule has 2 heterocycles. The molecule has 6 nitrogen and oxygen atoms in total. The molecule has 1 aliphatic rings. The van der Waals surface area contributed by atoms with Gasteiger partial charge in [0.1, 0.15) is 18.3 Å². The molecule has 1 aromatic rings. The Bertz CT molecular complexity index is 373. The largest absolute Gasteiger partial charge is 0.474 e. The summed E-state index contributed by atoms with van der Waals surface area (Å²) in [5.74, 6) is 0.422. The molecular formula is C8H12N4O2. The van der Waals surface area contributed by atoms with Crippen molar-refractivity contribution in [1.29, 1.82) is 0 Å². The van der Waals surface area contributed by atoms with Gasteiger partial charge in [-0.2, -0.15) is 5.10 Å². The van der Waals surface area contributed by atoms with E-state index in [2.05, 4.69) is 5.10 Å². The van der Waals surface area contributed by atoms with Gasteiger partial charge >= 0.3 is 0 Å². The van der Waals surface area contributed by atoms with Gasteiger partial charge in [0, 0.05) is 14.1 Å². The van der Waals surface area contributed by atoms with Crippen LogP contribution in [-0.2, 0) is 11.8 Å². The molecule has 76 valence electrons. The SMILES string of the molecule is CN1C(=O)[C@@H](N)COc2c1cnn2C. The van der Waals surface area contributed by atoms with E-state index in [1.165, 1.54) is 4.90 Å². The number of hydrogen-bond donors (Lipinski definition) is 1. The van der Waals surface area contributed by atoms with Crippen LogP contribution in [0.5, 0.6) is 5.88 Å². The fourth-order valence-corrected chi connectivity index (χ4v) is 1.42. The van der Waals surface area contributed by atoms with Gasteiger partial charge in [-0.1, -0.05) is 0 Å². The second kappa shape index (κ2) is 2.98. The third kappa shape index (κ3) is 1.15. The summed E-state index contributed by atoms with van der Waals surface area (Å²) in [6.45, 7) is 0.190. The monoisotopic (exact) mass is 196 g/mol. The Morgan fingerprint density at radius 1 is 1.64 bits per heavy atom. The van der Waals surface area contributed by atoms with Crippen LogP contribution in [0.1, 0.15) is 0 Å². The standard InChI is InChI=1S/C8H12N4O2/c1-11-6-3-10-12(2)8(6)14-4-5(9)7(11)13/h3,5H,4,9H2,1-2H3/t5-/m0/s1. The summed E-state index contributed by atoms with van der Waals surface area (Å²) in [7, 11) is 3.42. The number of rotatable bonds is 0. The van der Waals surface area contributed by atoms with Gasteiger partial charge < -0.3 is 15.4 Å². The van der Waals surface area contributed by atoms with Crippen molar-refractivity contribution in [3.8, 4) is 5.88 Å². The molecule has 2 N–H and O–H groups in total. The Kier molecular flexibility index (Phi) is 1.92. The fraction of sp³-hybridized carbons (Fsp3) is 0.500. The number of hydrogen-bond acceptors (Lipinski definition) is 4. The summed E-state index contributed by atoms with van der Waals surface area (Å²) in [6, 6.07) is -0.604. The van der Waals surface area contributed by atoms with Gasteiger partial charge in [-0.25, -0.2) is 4.68 Å². The first kappa shape index (κ1) is 9.01. The summed E-state index contributed by atoms with van der Waals surface area (Å²) >= 11 is 0. The van der Waals surface area contributed by atoms with Crippen LogP contribution < -0.4 is 15.4 Å². The molecule has 2 rings (SSSR count). The number of amides is 1. The topological polar surface area (TPSA) is 73.4 Å². The van der Waals surface area contributed by atoms with Gasteiger partial charge in [0.2, 0.25) is 11.8 Å². The summed E-state index contributed by atoms with van der Waals surface area (Å²) in [5, 5.41) is 4.01. The van der Waals surface area contributed by atoms with Crippen molar-refractivity contribution in [2.45, 2.75) is 6.04 Å². The lowest BCUT2D eigenvalue weighted by atomic mass is 10.3. The molecule has 0 spiro atoms. The van der Waals surface area contributed by atoms with Crippen molar-refractivity contribution in [2.75, 3.05) is 18.6 Å². The van der Waals surface area contributed by atoms with Crippen molar-refractivity contribution in [2.24, 2.45) is 12.8 Å². The zero-order chi connectivity index (χ0) is 10.3. The summed E-state index contributed by atoms with van der Waals surface area (Å²) in [6.07, 6.45) is 1.59. The van der Waals surface area contributed by atoms with E-state index >= 15 is 0 Å². The van der Waals surface area contributed by atoms with Crippen molar-refractivity contribution >= 4 is 11.6 Å². The highest BCUT2D eigenvalue weighted by molar-refractivity contribution is 5.98. The first-order valence-electron chi connectivity index (χ1n) is 4.29. The summed E-state index contributed by atoms with van der Waals surface area (Å²) in [5.41, 5.74) is 6.27. The zero-order valence-corrected chi connectivity index (χ0v) is 8.10. The van der Waals surface area contributed by atoms with Crippen LogP contribution in [0.15, 0.2) is 6.20 Å². The molecule has 14 heavy (non-hydrogen) atoms. The molecule has 1 aromatic heterocycles. The molecule has 0 fully saturated rings. The number of carbonyl (C=O) groups is 1. The van der Waals surface area contributed by atoms with Crippen LogP contribution in [0.2, 0.25) is 0 Å². The number of ether oxygens (including phenoxy) is 1. The van der Waals surface area contributed by atoms with Crippen molar-refractivity contribution < 1.29 is 9.53 Å². The molecule has 0 saturated heterocycles. The highest BCUT2D eigenvalue weighted by atomic mass is 16.5. The second-order valence-corrected chi connectivity index (χ2v) is 3.27. The zero-order valence-electron chi connectivity index (χ0n) is 8.10. The van der Waals surface area contributed by atoms with Crippen LogP contribution in [-0.4, -0.2) is 35.4 Å². The first-order chi connectivity index (χ1) is 6.61. The van der Waals surface area contributed by atoms with Crippen LogP contribution in [0.4, 0.5) is 5.69 Å². The highest BCUT2D eigenvalue weighted by Gasteiger charge is 2.28. The van der Waals surface area contributed by atoms with E-state index in [0.717, 1.165) is 0 Å². The average molecular weight is 196 g/mol. The Hall–Kier alpha value is -1.56. The van der Waals surface area contributed by atoms with Gasteiger partial charge in [-0.05, 0) is 0 Å². The van der Waals surface area contributed by atoms with Gasteiger partial charge in [0.05, 0.1) is 6.20 Å². The van der Waals surface area contributed by atoms with Gasteiger partial charge in [-0.15, -0.1) is 0 Å². The quantitative estimate of drug-likeness (QED) is 0.583. The lowest BCUT2D eigenvalue weighted by Gasteiger charge is -2.14. The lowest BCUT2D eigenvalue weighted by Crippen LogP contribution is -2.43. The predicted octanol–water partition coefficient (Wildman–Crippen LogP) is -0.897. The lowest BCUT2D eigenvalue weighted by molar-refractivity contribution is -0.119. The molecule has 1 aliphatic heterocycles. The van der Waals surface area contributed by atoms with Crippen LogP contribution in [0.25, 0.3) is 0 Å². The maximum atomic E-state index is 11.6. The molecule has 1 amide bonds. The molecule has 0 aliphatic carbocycles. The van der Waals surface area contributed by atoms with Crippen molar-refractivity contribution in [3.05, 3.63) is 6.20 Å². The van der Waals surface area contributed by atoms with E-state index in [9.17, 15) is 4.79 Å². The molecule has 1 atom stereocenters. The van der Waals surface area contributed by atoms with Gasteiger partial charge in [0.15, 0.2) is 0 Å². The first-order valence-corrected chi connectivity index (χ1v) is 4.29. The third-order valence-electron chi connectivity index (χ3n) is 2.28. The minimum Gasteiger partial charge on any atom is -0.474 e. The Balaban J connectivity index is 2.45. The van der Waals surface area contributed by atoms with Crippen molar-refractivity contribution in [1.82, 2.24) is 9.78 Å². The normalized spacial score (nSPS) is 21.5. The molecule has 0 saturated carbocycles. The number of anilines is 1. The Labute approximate surface area is 81.2 Å². The van der Waals surface area contributed by atoms with E-state index in [-0.39, 0.29) is 12.5 Å². The minimum atomic E-state index is -0.604. The van der Waals surface area contributed by atoms with E-state index in [1.54, 1.807) is 25.0 Å². The smallest absolute Gasteiger partial charge is 0.247 e. The van der Waals surface area contributed by atoms with Gasteiger partial charge in [-0.3, -0.25) is 4.79 Å². The minimum absolute atomic E-state index is 0.156. The number of fused-ring (bicyclic) bond motifs is 1. The van der Waals surface area contributed by atoms with Crippen LogP contribution in [0, 0.1) is 0 Å². The number of nitrogens with two attached hydrogens (primary N) is 1. The second-order valence-electron chi connectivity index (χ2n) is 3.27. The molecule has 0 radical (unpaired) electrons.